The van der Waals surface area contributed by atoms with E-state index < -0.39 is 0 Å². The lowest BCUT2D eigenvalue weighted by Crippen LogP contribution is -2.18. The molecule has 0 bridgehead atoms. The molecule has 2 N–H and O–H groups in total. The number of non-ortho nitro benzene ring substituents is 1. The standard InChI is InChI=1S/C16H23N3O2/c1-2-17-13-7-14(9-15(8-13)19(20)21)18-10-16(11-3-4-11)12-5-6-12/h7-9,11-12,16-18H,2-6,10H2,1H3. The third kappa shape index (κ3) is 3.65. The van der Waals surface area contributed by atoms with Crippen molar-refractivity contribution in [2.24, 2.45) is 17.8 Å². The zero-order valence-corrected chi connectivity index (χ0v) is 12.5. The van der Waals surface area contributed by atoms with Crippen LogP contribution in [0.3, 0.4) is 0 Å². The van der Waals surface area contributed by atoms with Gasteiger partial charge >= 0.3 is 0 Å². The van der Waals surface area contributed by atoms with E-state index >= 15 is 0 Å². The molecule has 1 aromatic carbocycles. The van der Waals surface area contributed by atoms with Crippen LogP contribution in [0.15, 0.2) is 18.2 Å². The molecule has 1 aromatic rings. The largest absolute Gasteiger partial charge is 0.385 e. The van der Waals surface area contributed by atoms with Gasteiger partial charge in [-0.1, -0.05) is 0 Å². The van der Waals surface area contributed by atoms with Gasteiger partial charge < -0.3 is 10.6 Å². The van der Waals surface area contributed by atoms with Crippen molar-refractivity contribution < 1.29 is 4.92 Å². The maximum absolute atomic E-state index is 11.0. The van der Waals surface area contributed by atoms with Crippen molar-refractivity contribution in [3.8, 4) is 0 Å². The summed E-state index contributed by atoms with van der Waals surface area (Å²) in [6, 6.07) is 5.19. The zero-order valence-electron chi connectivity index (χ0n) is 12.5. The van der Waals surface area contributed by atoms with Gasteiger partial charge in [0.05, 0.1) is 4.92 Å². The number of hydrogen-bond donors (Lipinski definition) is 2. The smallest absolute Gasteiger partial charge is 0.273 e. The van der Waals surface area contributed by atoms with Gasteiger partial charge in [0, 0.05) is 36.6 Å². The number of nitro groups is 1. The summed E-state index contributed by atoms with van der Waals surface area (Å²) in [6.07, 6.45) is 5.45. The number of benzene rings is 1. The van der Waals surface area contributed by atoms with E-state index in [1.807, 2.05) is 13.0 Å². The molecule has 2 fully saturated rings. The van der Waals surface area contributed by atoms with Gasteiger partial charge in [-0.3, -0.25) is 10.1 Å². The van der Waals surface area contributed by atoms with E-state index in [0.29, 0.717) is 0 Å². The Balaban J connectivity index is 1.69. The Bertz CT molecular complexity index is 512. The van der Waals surface area contributed by atoms with Gasteiger partial charge in [0.1, 0.15) is 0 Å². The Morgan fingerprint density at radius 3 is 2.19 bits per heavy atom. The highest BCUT2D eigenvalue weighted by Crippen LogP contribution is 2.49. The van der Waals surface area contributed by atoms with Crippen LogP contribution in [-0.2, 0) is 0 Å². The first-order chi connectivity index (χ1) is 10.2. The Labute approximate surface area is 125 Å². The van der Waals surface area contributed by atoms with E-state index in [1.54, 1.807) is 12.1 Å². The first kappa shape index (κ1) is 14.2. The minimum absolute atomic E-state index is 0.144. The highest BCUT2D eigenvalue weighted by Gasteiger charge is 2.41. The topological polar surface area (TPSA) is 67.2 Å². The van der Waals surface area contributed by atoms with Crippen LogP contribution in [0, 0.1) is 27.9 Å². The van der Waals surface area contributed by atoms with Crippen LogP contribution in [0.25, 0.3) is 0 Å². The van der Waals surface area contributed by atoms with Gasteiger partial charge in [0.15, 0.2) is 0 Å². The summed E-state index contributed by atoms with van der Waals surface area (Å²) < 4.78 is 0. The Hall–Kier alpha value is -1.78. The summed E-state index contributed by atoms with van der Waals surface area (Å²) in [5, 5.41) is 17.6. The second kappa shape index (κ2) is 5.92. The molecule has 2 aliphatic carbocycles. The maximum Gasteiger partial charge on any atom is 0.273 e. The van der Waals surface area contributed by atoms with E-state index in [4.69, 9.17) is 0 Å². The number of rotatable bonds is 8. The van der Waals surface area contributed by atoms with Gasteiger partial charge in [-0.05, 0) is 56.4 Å². The van der Waals surface area contributed by atoms with Crippen LogP contribution < -0.4 is 10.6 Å². The van der Waals surface area contributed by atoms with Crippen LogP contribution in [0.4, 0.5) is 17.1 Å². The van der Waals surface area contributed by atoms with E-state index in [-0.39, 0.29) is 10.6 Å². The third-order valence-electron chi connectivity index (χ3n) is 4.51. The normalized spacial score (nSPS) is 17.8. The lowest BCUT2D eigenvalue weighted by molar-refractivity contribution is -0.384. The van der Waals surface area contributed by atoms with Crippen molar-refractivity contribution in [3.05, 3.63) is 28.3 Å². The molecule has 2 saturated carbocycles. The average Bonchev–Trinajstić information content (AvgIpc) is 3.33. The van der Waals surface area contributed by atoms with Crippen LogP contribution in [-0.4, -0.2) is 18.0 Å². The van der Waals surface area contributed by atoms with Crippen LogP contribution in [0.5, 0.6) is 0 Å². The Kier molecular flexibility index (Phi) is 3.99. The van der Waals surface area contributed by atoms with Crippen LogP contribution in [0.2, 0.25) is 0 Å². The summed E-state index contributed by atoms with van der Waals surface area (Å²) in [6.45, 7) is 3.69. The molecule has 0 spiro atoms. The quantitative estimate of drug-likeness (QED) is 0.563. The predicted octanol–water partition coefficient (Wildman–Crippen LogP) is 3.87. The van der Waals surface area contributed by atoms with Gasteiger partial charge in [-0.2, -0.15) is 0 Å². The molecule has 0 aromatic heterocycles. The highest BCUT2D eigenvalue weighted by atomic mass is 16.6. The summed E-state index contributed by atoms with van der Waals surface area (Å²) in [4.78, 5) is 10.7. The molecular formula is C16H23N3O2. The molecule has 0 amide bonds. The summed E-state index contributed by atoms with van der Waals surface area (Å²) >= 11 is 0. The van der Waals surface area contributed by atoms with Crippen molar-refractivity contribution in [2.45, 2.75) is 32.6 Å². The minimum Gasteiger partial charge on any atom is -0.385 e. The molecule has 21 heavy (non-hydrogen) atoms. The number of anilines is 2. The molecule has 114 valence electrons. The van der Waals surface area contributed by atoms with E-state index in [9.17, 15) is 10.1 Å². The second-order valence-electron chi connectivity index (χ2n) is 6.28. The van der Waals surface area contributed by atoms with Gasteiger partial charge in [-0.25, -0.2) is 0 Å². The molecule has 0 aliphatic heterocycles. The molecule has 0 radical (unpaired) electrons. The van der Waals surface area contributed by atoms with Crippen molar-refractivity contribution in [3.63, 3.8) is 0 Å². The number of hydrogen-bond acceptors (Lipinski definition) is 4. The zero-order chi connectivity index (χ0) is 14.8. The molecule has 3 rings (SSSR count). The van der Waals surface area contributed by atoms with Crippen molar-refractivity contribution in [1.82, 2.24) is 0 Å². The molecule has 0 heterocycles. The van der Waals surface area contributed by atoms with E-state index in [2.05, 4.69) is 10.6 Å². The number of nitro benzene ring substituents is 1. The summed E-state index contributed by atoms with van der Waals surface area (Å²) in [5.41, 5.74) is 1.81. The van der Waals surface area contributed by atoms with Gasteiger partial charge in [0.2, 0.25) is 0 Å². The van der Waals surface area contributed by atoms with E-state index in [0.717, 1.165) is 42.2 Å². The summed E-state index contributed by atoms with van der Waals surface area (Å²) in [7, 11) is 0. The minimum atomic E-state index is -0.328. The predicted molar refractivity (Wildman–Crippen MR) is 84.7 cm³/mol. The summed E-state index contributed by atoms with van der Waals surface area (Å²) in [5.74, 6) is 2.53. The third-order valence-corrected chi connectivity index (χ3v) is 4.51. The van der Waals surface area contributed by atoms with Crippen molar-refractivity contribution >= 4 is 17.1 Å². The van der Waals surface area contributed by atoms with E-state index in [1.165, 1.54) is 25.7 Å². The fourth-order valence-electron chi connectivity index (χ4n) is 3.13. The molecular weight excluding hydrogens is 266 g/mol. The molecule has 0 atom stereocenters. The molecule has 2 aliphatic rings. The lowest BCUT2D eigenvalue weighted by atomic mass is 9.98. The first-order valence-electron chi connectivity index (χ1n) is 7.94. The van der Waals surface area contributed by atoms with Gasteiger partial charge in [-0.15, -0.1) is 0 Å². The molecule has 5 heteroatoms. The fraction of sp³-hybridized carbons (Fsp3) is 0.625. The highest BCUT2D eigenvalue weighted by molar-refractivity contribution is 5.63. The maximum atomic E-state index is 11.0. The van der Waals surface area contributed by atoms with Crippen LogP contribution >= 0.6 is 0 Å². The monoisotopic (exact) mass is 289 g/mol. The van der Waals surface area contributed by atoms with Gasteiger partial charge in [0.25, 0.3) is 5.69 Å². The molecule has 0 unspecified atom stereocenters. The number of nitrogens with one attached hydrogen (secondary N) is 2. The Morgan fingerprint density at radius 2 is 1.71 bits per heavy atom. The fourth-order valence-corrected chi connectivity index (χ4v) is 3.13. The lowest BCUT2D eigenvalue weighted by Gasteiger charge is -2.17. The van der Waals surface area contributed by atoms with Crippen molar-refractivity contribution in [1.29, 1.82) is 0 Å². The number of nitrogens with zero attached hydrogens (tertiary/aromatic N) is 1. The molecule has 0 saturated heterocycles. The van der Waals surface area contributed by atoms with Crippen LogP contribution in [0.1, 0.15) is 32.6 Å². The first-order valence-corrected chi connectivity index (χ1v) is 7.94. The average molecular weight is 289 g/mol. The Morgan fingerprint density at radius 1 is 1.14 bits per heavy atom. The molecule has 5 nitrogen and oxygen atoms in total. The SMILES string of the molecule is CCNc1cc(NCC(C2CC2)C2CC2)cc([N+](=O)[O-])c1. The van der Waals surface area contributed by atoms with Crippen molar-refractivity contribution in [2.75, 3.05) is 23.7 Å². The second-order valence-corrected chi connectivity index (χ2v) is 6.28.